The first-order valence-corrected chi connectivity index (χ1v) is 8.09. The minimum absolute atomic E-state index is 0.239. The molecule has 3 aliphatic rings. The molecule has 4 atom stereocenters. The highest BCUT2D eigenvalue weighted by Crippen LogP contribution is 2.45. The lowest BCUT2D eigenvalue weighted by Crippen LogP contribution is -2.28. The highest BCUT2D eigenvalue weighted by Gasteiger charge is 2.39. The quantitative estimate of drug-likeness (QED) is 0.774. The van der Waals surface area contributed by atoms with E-state index in [0.717, 1.165) is 43.0 Å². The van der Waals surface area contributed by atoms with Gasteiger partial charge in [0.1, 0.15) is 11.6 Å². The van der Waals surface area contributed by atoms with Crippen molar-refractivity contribution >= 4 is 17.6 Å². The lowest BCUT2D eigenvalue weighted by Gasteiger charge is -2.24. The number of nitrogens with two attached hydrogens (primary N) is 2. The lowest BCUT2D eigenvalue weighted by atomic mass is 9.95. The highest BCUT2D eigenvalue weighted by molar-refractivity contribution is 5.53. The third-order valence-corrected chi connectivity index (χ3v) is 5.35. The van der Waals surface area contributed by atoms with Crippen molar-refractivity contribution in [2.45, 2.75) is 44.2 Å². The molecular weight excluding hydrogens is 264 g/mol. The van der Waals surface area contributed by atoms with Crippen molar-refractivity contribution in [1.29, 1.82) is 0 Å². The van der Waals surface area contributed by atoms with Crippen LogP contribution in [-0.4, -0.2) is 35.1 Å². The molecule has 0 unspecified atom stereocenters. The number of hydrogen-bond acceptors (Lipinski definition) is 6. The van der Waals surface area contributed by atoms with Crippen LogP contribution in [0.4, 0.5) is 17.6 Å². The van der Waals surface area contributed by atoms with Gasteiger partial charge in [0.05, 0.1) is 0 Å². The Bertz CT molecular complexity index is 533. The van der Waals surface area contributed by atoms with E-state index in [-0.39, 0.29) is 6.04 Å². The van der Waals surface area contributed by atoms with Crippen LogP contribution in [0.15, 0.2) is 6.07 Å². The molecule has 4 rings (SSSR count). The molecule has 114 valence electrons. The Hall–Kier alpha value is -1.56. The smallest absolute Gasteiger partial charge is 0.223 e. The molecule has 0 radical (unpaired) electrons. The number of hydrogen-bond donors (Lipinski definition) is 3. The van der Waals surface area contributed by atoms with Gasteiger partial charge in [0, 0.05) is 31.2 Å². The number of nitrogens with zero attached hydrogens (tertiary/aromatic N) is 3. The molecule has 1 aliphatic heterocycles. The zero-order valence-electron chi connectivity index (χ0n) is 12.3. The fourth-order valence-electron chi connectivity index (χ4n) is 4.30. The Morgan fingerprint density at radius 2 is 2.10 bits per heavy atom. The summed E-state index contributed by atoms with van der Waals surface area (Å²) in [5.74, 6) is 3.85. The van der Waals surface area contributed by atoms with E-state index >= 15 is 0 Å². The summed E-state index contributed by atoms with van der Waals surface area (Å²) in [5.41, 5.74) is 11.9. The molecule has 0 amide bonds. The molecule has 0 aromatic carbocycles. The third-order valence-electron chi connectivity index (χ3n) is 5.35. The standard InChI is InChI=1S/C15H24N6/c16-11-3-4-21(8-11)14-7-13(19-15(17)20-14)18-12-6-9-1-2-10(12)5-9/h7,9-12H,1-6,8,16H2,(H3,17,18,19,20)/t9-,10+,11+,12-/m0/s1. The summed E-state index contributed by atoms with van der Waals surface area (Å²) in [5, 5.41) is 3.60. The molecule has 3 fully saturated rings. The van der Waals surface area contributed by atoms with Gasteiger partial charge < -0.3 is 21.7 Å². The first kappa shape index (κ1) is 13.1. The van der Waals surface area contributed by atoms with Gasteiger partial charge in [-0.05, 0) is 37.5 Å². The molecule has 1 saturated heterocycles. The summed E-state index contributed by atoms with van der Waals surface area (Å²) in [6.45, 7) is 1.80. The van der Waals surface area contributed by atoms with Crippen molar-refractivity contribution in [2.75, 3.05) is 29.0 Å². The van der Waals surface area contributed by atoms with Gasteiger partial charge in [-0.2, -0.15) is 9.97 Å². The molecular formula is C15H24N6. The van der Waals surface area contributed by atoms with Crippen LogP contribution in [0, 0.1) is 11.8 Å². The molecule has 1 aromatic heterocycles. The lowest BCUT2D eigenvalue weighted by molar-refractivity contribution is 0.439. The van der Waals surface area contributed by atoms with E-state index in [9.17, 15) is 0 Å². The second-order valence-corrected chi connectivity index (χ2v) is 6.89. The topological polar surface area (TPSA) is 93.1 Å². The number of rotatable bonds is 3. The van der Waals surface area contributed by atoms with E-state index in [1.807, 2.05) is 6.07 Å². The van der Waals surface area contributed by atoms with Crippen LogP contribution in [0.5, 0.6) is 0 Å². The van der Waals surface area contributed by atoms with E-state index in [2.05, 4.69) is 20.2 Å². The van der Waals surface area contributed by atoms with E-state index < -0.39 is 0 Å². The highest BCUT2D eigenvalue weighted by atomic mass is 15.2. The van der Waals surface area contributed by atoms with Crippen LogP contribution in [0.3, 0.4) is 0 Å². The van der Waals surface area contributed by atoms with E-state index in [1.54, 1.807) is 0 Å². The van der Waals surface area contributed by atoms with Gasteiger partial charge in [0.25, 0.3) is 0 Å². The molecule has 2 bridgehead atoms. The predicted molar refractivity (Wildman–Crippen MR) is 84.1 cm³/mol. The fourth-order valence-corrected chi connectivity index (χ4v) is 4.30. The maximum Gasteiger partial charge on any atom is 0.223 e. The summed E-state index contributed by atoms with van der Waals surface area (Å²) >= 11 is 0. The minimum atomic E-state index is 0.239. The largest absolute Gasteiger partial charge is 0.368 e. The van der Waals surface area contributed by atoms with Crippen molar-refractivity contribution < 1.29 is 0 Å². The number of anilines is 3. The average Bonchev–Trinajstić information content (AvgIpc) is 3.14. The van der Waals surface area contributed by atoms with Crippen molar-refractivity contribution in [3.63, 3.8) is 0 Å². The van der Waals surface area contributed by atoms with Gasteiger partial charge in [-0.15, -0.1) is 0 Å². The molecule has 5 N–H and O–H groups in total. The van der Waals surface area contributed by atoms with Crippen LogP contribution in [0.25, 0.3) is 0 Å². The molecule has 2 aliphatic carbocycles. The van der Waals surface area contributed by atoms with Crippen molar-refractivity contribution in [3.8, 4) is 0 Å². The number of nitrogen functional groups attached to an aromatic ring is 1. The maximum absolute atomic E-state index is 5.98. The zero-order valence-corrected chi connectivity index (χ0v) is 12.3. The Kier molecular flexibility index (Phi) is 3.14. The average molecular weight is 288 g/mol. The Morgan fingerprint density at radius 1 is 1.19 bits per heavy atom. The first-order chi connectivity index (χ1) is 10.2. The number of aromatic nitrogens is 2. The number of nitrogens with one attached hydrogen (secondary N) is 1. The molecule has 2 saturated carbocycles. The van der Waals surface area contributed by atoms with Crippen molar-refractivity contribution in [3.05, 3.63) is 6.07 Å². The van der Waals surface area contributed by atoms with Crippen LogP contribution < -0.4 is 21.7 Å². The molecule has 21 heavy (non-hydrogen) atoms. The second kappa shape index (κ2) is 5.02. The number of fused-ring (bicyclic) bond motifs is 2. The van der Waals surface area contributed by atoms with Gasteiger partial charge in [0.2, 0.25) is 5.95 Å². The van der Waals surface area contributed by atoms with Crippen molar-refractivity contribution in [1.82, 2.24) is 9.97 Å². The fraction of sp³-hybridized carbons (Fsp3) is 0.733. The Morgan fingerprint density at radius 3 is 2.76 bits per heavy atom. The SMILES string of the molecule is Nc1nc(N[C@H]2C[C@H]3CC[C@@H]2C3)cc(N2CC[C@@H](N)C2)n1. The summed E-state index contributed by atoms with van der Waals surface area (Å²) in [4.78, 5) is 10.9. The molecule has 0 spiro atoms. The van der Waals surface area contributed by atoms with Crippen LogP contribution >= 0.6 is 0 Å². The van der Waals surface area contributed by atoms with Gasteiger partial charge in [0.15, 0.2) is 0 Å². The Balaban J connectivity index is 1.51. The van der Waals surface area contributed by atoms with E-state index in [0.29, 0.717) is 12.0 Å². The molecule has 2 heterocycles. The minimum Gasteiger partial charge on any atom is -0.368 e. The summed E-state index contributed by atoms with van der Waals surface area (Å²) in [6.07, 6.45) is 6.44. The third kappa shape index (κ3) is 2.52. The monoisotopic (exact) mass is 288 g/mol. The summed E-state index contributed by atoms with van der Waals surface area (Å²) in [7, 11) is 0. The molecule has 1 aromatic rings. The van der Waals surface area contributed by atoms with Crippen LogP contribution in [0.2, 0.25) is 0 Å². The van der Waals surface area contributed by atoms with Crippen LogP contribution in [-0.2, 0) is 0 Å². The molecule has 6 nitrogen and oxygen atoms in total. The van der Waals surface area contributed by atoms with Gasteiger partial charge >= 0.3 is 0 Å². The van der Waals surface area contributed by atoms with Crippen molar-refractivity contribution in [2.24, 2.45) is 17.6 Å². The zero-order chi connectivity index (χ0) is 14.4. The van der Waals surface area contributed by atoms with Crippen LogP contribution in [0.1, 0.15) is 32.1 Å². The first-order valence-electron chi connectivity index (χ1n) is 8.09. The van der Waals surface area contributed by atoms with E-state index in [1.165, 1.54) is 25.7 Å². The predicted octanol–water partition coefficient (Wildman–Crippen LogP) is 1.20. The van der Waals surface area contributed by atoms with Gasteiger partial charge in [-0.3, -0.25) is 0 Å². The maximum atomic E-state index is 5.98. The second-order valence-electron chi connectivity index (χ2n) is 6.89. The normalized spacial score (nSPS) is 34.6. The Labute approximate surface area is 125 Å². The molecule has 6 heteroatoms. The van der Waals surface area contributed by atoms with Gasteiger partial charge in [-0.1, -0.05) is 6.42 Å². The summed E-state index contributed by atoms with van der Waals surface area (Å²) < 4.78 is 0. The van der Waals surface area contributed by atoms with E-state index in [4.69, 9.17) is 11.5 Å². The summed E-state index contributed by atoms with van der Waals surface area (Å²) in [6, 6.07) is 2.83. The van der Waals surface area contributed by atoms with Gasteiger partial charge in [-0.25, -0.2) is 0 Å².